The molecule has 1 saturated carbocycles. The van der Waals surface area contributed by atoms with E-state index in [-0.39, 0.29) is 22.3 Å². The zero-order valence-electron chi connectivity index (χ0n) is 11.9. The van der Waals surface area contributed by atoms with Crippen LogP contribution in [0.2, 0.25) is 5.02 Å². The molecule has 0 spiro atoms. The summed E-state index contributed by atoms with van der Waals surface area (Å²) in [6.45, 7) is 0.361. The average Bonchev–Trinajstić information content (AvgIpc) is 2.48. The number of carbonyl (C=O) groups excluding carboxylic acids is 1. The summed E-state index contributed by atoms with van der Waals surface area (Å²) in [7, 11) is 0. The molecule has 3 N–H and O–H groups in total. The van der Waals surface area contributed by atoms with Crippen LogP contribution in [0.15, 0.2) is 18.2 Å². The highest BCUT2D eigenvalue weighted by Gasteiger charge is 2.23. The van der Waals surface area contributed by atoms with Crippen LogP contribution in [0.1, 0.15) is 25.7 Å². The lowest BCUT2D eigenvalue weighted by Crippen LogP contribution is -2.38. The Kier molecular flexibility index (Phi) is 5.57. The molecule has 2 rings (SSSR count). The number of nitro groups is 1. The predicted molar refractivity (Wildman–Crippen MR) is 83.1 cm³/mol. The van der Waals surface area contributed by atoms with E-state index < -0.39 is 17.1 Å². The van der Waals surface area contributed by atoms with E-state index in [9.17, 15) is 20.0 Å². The second-order valence-corrected chi connectivity index (χ2v) is 5.78. The van der Waals surface area contributed by atoms with Gasteiger partial charge in [0, 0.05) is 24.6 Å². The monoisotopic (exact) mass is 327 g/mol. The third-order valence-electron chi connectivity index (χ3n) is 3.80. The van der Waals surface area contributed by atoms with Crippen LogP contribution in [-0.2, 0) is 0 Å². The maximum Gasteiger partial charge on any atom is 0.319 e. The summed E-state index contributed by atoms with van der Waals surface area (Å²) in [5, 5.41) is 26.0. The largest absolute Gasteiger partial charge is 0.393 e. The number of aliphatic hydroxyl groups excluding tert-OH is 1. The van der Waals surface area contributed by atoms with E-state index in [0.717, 1.165) is 25.7 Å². The number of benzene rings is 1. The van der Waals surface area contributed by atoms with Crippen molar-refractivity contribution in [1.29, 1.82) is 0 Å². The van der Waals surface area contributed by atoms with E-state index >= 15 is 0 Å². The first-order chi connectivity index (χ1) is 10.5. The smallest absolute Gasteiger partial charge is 0.319 e. The molecule has 0 aromatic heterocycles. The minimum absolute atomic E-state index is 0.0417. The van der Waals surface area contributed by atoms with Gasteiger partial charge in [-0.05, 0) is 18.9 Å². The number of rotatable bonds is 4. The van der Waals surface area contributed by atoms with Gasteiger partial charge in [0.15, 0.2) is 0 Å². The van der Waals surface area contributed by atoms with E-state index in [1.165, 1.54) is 18.2 Å². The fourth-order valence-corrected chi connectivity index (χ4v) is 2.70. The van der Waals surface area contributed by atoms with Gasteiger partial charge in [-0.2, -0.15) is 0 Å². The van der Waals surface area contributed by atoms with Crippen LogP contribution in [0.25, 0.3) is 0 Å². The molecule has 22 heavy (non-hydrogen) atoms. The number of aliphatic hydroxyl groups is 1. The van der Waals surface area contributed by atoms with Crippen molar-refractivity contribution in [2.24, 2.45) is 5.92 Å². The number of carbonyl (C=O) groups is 1. The van der Waals surface area contributed by atoms with Crippen LogP contribution >= 0.6 is 11.6 Å². The lowest BCUT2D eigenvalue weighted by atomic mass is 9.86. The van der Waals surface area contributed by atoms with Gasteiger partial charge in [-0.1, -0.05) is 24.4 Å². The SMILES string of the molecule is O=C(NC[C@@H]1CCCC[C@@H]1O)Nc1cc([N+](=O)[O-])ccc1Cl. The number of halogens is 1. The van der Waals surface area contributed by atoms with Gasteiger partial charge >= 0.3 is 6.03 Å². The van der Waals surface area contributed by atoms with Crippen LogP contribution in [-0.4, -0.2) is 28.7 Å². The number of amides is 2. The van der Waals surface area contributed by atoms with Crippen LogP contribution in [0.4, 0.5) is 16.2 Å². The zero-order chi connectivity index (χ0) is 16.1. The van der Waals surface area contributed by atoms with Crippen LogP contribution in [0.3, 0.4) is 0 Å². The molecule has 1 aliphatic rings. The summed E-state index contributed by atoms with van der Waals surface area (Å²) in [5.74, 6) is 0.0417. The Morgan fingerprint density at radius 3 is 2.82 bits per heavy atom. The van der Waals surface area contributed by atoms with E-state index in [0.29, 0.717) is 6.54 Å². The highest BCUT2D eigenvalue weighted by atomic mass is 35.5. The van der Waals surface area contributed by atoms with Gasteiger partial charge in [0.1, 0.15) is 0 Å². The van der Waals surface area contributed by atoms with E-state index in [1.807, 2.05) is 0 Å². The number of anilines is 1. The number of hydrogen-bond acceptors (Lipinski definition) is 4. The number of nitro benzene ring substituents is 1. The molecule has 7 nitrogen and oxygen atoms in total. The molecule has 0 aliphatic heterocycles. The number of hydrogen-bond donors (Lipinski definition) is 3. The molecule has 1 aromatic carbocycles. The lowest BCUT2D eigenvalue weighted by Gasteiger charge is -2.27. The van der Waals surface area contributed by atoms with Crippen LogP contribution in [0.5, 0.6) is 0 Å². The van der Waals surface area contributed by atoms with Crippen molar-refractivity contribution in [3.05, 3.63) is 33.3 Å². The fourth-order valence-electron chi connectivity index (χ4n) is 2.54. The van der Waals surface area contributed by atoms with Crippen molar-refractivity contribution >= 4 is 29.0 Å². The van der Waals surface area contributed by atoms with Gasteiger partial charge in [-0.3, -0.25) is 10.1 Å². The van der Waals surface area contributed by atoms with E-state index in [4.69, 9.17) is 11.6 Å². The molecule has 2 atom stereocenters. The fraction of sp³-hybridized carbons (Fsp3) is 0.500. The molecule has 1 fully saturated rings. The molecule has 0 saturated heterocycles. The third kappa shape index (κ3) is 4.32. The van der Waals surface area contributed by atoms with Gasteiger partial charge in [-0.25, -0.2) is 4.79 Å². The summed E-state index contributed by atoms with van der Waals surface area (Å²) in [6.07, 6.45) is 3.29. The Morgan fingerprint density at radius 1 is 1.41 bits per heavy atom. The Balaban J connectivity index is 1.91. The van der Waals surface area contributed by atoms with Crippen LogP contribution in [0, 0.1) is 16.0 Å². The molecule has 120 valence electrons. The average molecular weight is 328 g/mol. The molecule has 1 aliphatic carbocycles. The first-order valence-corrected chi connectivity index (χ1v) is 7.52. The maximum atomic E-state index is 11.9. The molecule has 8 heteroatoms. The number of nitrogens with one attached hydrogen (secondary N) is 2. The van der Waals surface area contributed by atoms with Crippen molar-refractivity contribution in [2.75, 3.05) is 11.9 Å². The van der Waals surface area contributed by atoms with Crippen molar-refractivity contribution < 1.29 is 14.8 Å². The Bertz CT molecular complexity index is 567. The molecular weight excluding hydrogens is 310 g/mol. The van der Waals surface area contributed by atoms with Gasteiger partial charge in [0.2, 0.25) is 0 Å². The molecule has 0 heterocycles. The first-order valence-electron chi connectivity index (χ1n) is 7.14. The van der Waals surface area contributed by atoms with E-state index in [1.54, 1.807) is 0 Å². The Morgan fingerprint density at radius 2 is 2.14 bits per heavy atom. The Labute approximate surface area is 132 Å². The molecule has 1 aromatic rings. The second kappa shape index (κ2) is 7.42. The van der Waals surface area contributed by atoms with Gasteiger partial charge < -0.3 is 15.7 Å². The molecular formula is C14H18ClN3O4. The van der Waals surface area contributed by atoms with Crippen molar-refractivity contribution in [2.45, 2.75) is 31.8 Å². The van der Waals surface area contributed by atoms with Gasteiger partial charge in [0.25, 0.3) is 5.69 Å². The normalized spacial score (nSPS) is 21.2. The molecule has 0 radical (unpaired) electrons. The molecule has 2 amide bonds. The number of nitrogens with zero attached hydrogens (tertiary/aromatic N) is 1. The predicted octanol–water partition coefficient (Wildman–Crippen LogP) is 2.92. The van der Waals surface area contributed by atoms with Crippen LogP contribution < -0.4 is 10.6 Å². The summed E-state index contributed by atoms with van der Waals surface area (Å²) >= 11 is 5.91. The van der Waals surface area contributed by atoms with Crippen molar-refractivity contribution in [3.8, 4) is 0 Å². The topological polar surface area (TPSA) is 104 Å². The zero-order valence-corrected chi connectivity index (χ0v) is 12.7. The second-order valence-electron chi connectivity index (χ2n) is 5.37. The van der Waals surface area contributed by atoms with E-state index in [2.05, 4.69) is 10.6 Å². The van der Waals surface area contributed by atoms with Gasteiger partial charge in [-0.15, -0.1) is 0 Å². The minimum atomic E-state index is -0.558. The van der Waals surface area contributed by atoms with Crippen molar-refractivity contribution in [3.63, 3.8) is 0 Å². The summed E-state index contributed by atoms with van der Waals surface area (Å²) < 4.78 is 0. The highest BCUT2D eigenvalue weighted by molar-refractivity contribution is 6.33. The minimum Gasteiger partial charge on any atom is -0.393 e. The highest BCUT2D eigenvalue weighted by Crippen LogP contribution is 2.27. The maximum absolute atomic E-state index is 11.9. The summed E-state index contributed by atoms with van der Waals surface area (Å²) in [6, 6.07) is 3.33. The summed E-state index contributed by atoms with van der Waals surface area (Å²) in [5.41, 5.74) is 0.0277. The van der Waals surface area contributed by atoms with Gasteiger partial charge in [0.05, 0.1) is 21.7 Å². The van der Waals surface area contributed by atoms with Crippen molar-refractivity contribution in [1.82, 2.24) is 5.32 Å². The Hall–Kier alpha value is -1.86. The lowest BCUT2D eigenvalue weighted by molar-refractivity contribution is -0.384. The molecule has 0 unspecified atom stereocenters. The summed E-state index contributed by atoms with van der Waals surface area (Å²) in [4.78, 5) is 22.0. The first kappa shape index (κ1) is 16.5. The number of non-ortho nitro benzene ring substituents is 1. The molecule has 0 bridgehead atoms. The number of urea groups is 1. The third-order valence-corrected chi connectivity index (χ3v) is 4.13. The standard InChI is InChI=1S/C14H18ClN3O4/c15-11-6-5-10(18(21)22)7-12(11)17-14(20)16-8-9-3-1-2-4-13(9)19/h5-7,9,13,19H,1-4,8H2,(H2,16,17,20)/t9-,13-/m0/s1. The quantitative estimate of drug-likeness (QED) is 0.584.